The largest absolute Gasteiger partial charge is 0.481 e. The summed E-state index contributed by atoms with van der Waals surface area (Å²) >= 11 is 0. The minimum atomic E-state index is -0.196. The lowest BCUT2D eigenvalue weighted by atomic mass is 10.1. The van der Waals surface area contributed by atoms with Crippen LogP contribution in [0.1, 0.15) is 57.2 Å². The molecule has 0 spiro atoms. The van der Waals surface area contributed by atoms with Crippen molar-refractivity contribution in [3.63, 3.8) is 0 Å². The number of nitrogens with zero attached hydrogens (tertiary/aromatic N) is 3. The van der Waals surface area contributed by atoms with Gasteiger partial charge in [-0.3, -0.25) is 4.79 Å². The van der Waals surface area contributed by atoms with Gasteiger partial charge >= 0.3 is 0 Å². The van der Waals surface area contributed by atoms with Crippen LogP contribution in [0, 0.1) is 0 Å². The average Bonchev–Trinajstić information content (AvgIpc) is 2.88. The molecule has 0 unspecified atom stereocenters. The van der Waals surface area contributed by atoms with Crippen molar-refractivity contribution < 1.29 is 9.53 Å². The second kappa shape index (κ2) is 7.81. The molecule has 1 aliphatic heterocycles. The first-order valence-corrected chi connectivity index (χ1v) is 8.57. The van der Waals surface area contributed by atoms with Gasteiger partial charge < -0.3 is 15.0 Å². The summed E-state index contributed by atoms with van der Waals surface area (Å²) < 4.78 is 7.25. The molecule has 23 heavy (non-hydrogen) atoms. The van der Waals surface area contributed by atoms with E-state index in [9.17, 15) is 4.79 Å². The lowest BCUT2D eigenvalue weighted by Gasteiger charge is -2.29. The molecule has 0 bridgehead atoms. The highest BCUT2D eigenvalue weighted by molar-refractivity contribution is 5.81. The number of aryl methyl sites for hydroxylation is 1. The molecule has 0 aliphatic carbocycles. The summed E-state index contributed by atoms with van der Waals surface area (Å²) in [7, 11) is 3.55. The van der Waals surface area contributed by atoms with Gasteiger partial charge in [-0.15, -0.1) is 0 Å². The molecule has 1 aromatic heterocycles. The Kier molecular flexibility index (Phi) is 6.04. The summed E-state index contributed by atoms with van der Waals surface area (Å²) in [6.45, 7) is 8.54. The molecule has 6 nitrogen and oxygen atoms in total. The van der Waals surface area contributed by atoms with Crippen molar-refractivity contribution in [3.8, 4) is 5.88 Å². The standard InChI is InChI=1S/C17H30N4O2/c1-12(2)15-14(17(23-5)20(4)19-15)11-18-13(3)16(22)21-9-7-6-8-10-21/h12-13,18H,6-11H2,1-5H3/t13-/m0/s1. The zero-order valence-electron chi connectivity index (χ0n) is 15.1. The Hall–Kier alpha value is -1.56. The second-order valence-electron chi connectivity index (χ2n) is 6.64. The quantitative estimate of drug-likeness (QED) is 0.871. The third-order valence-corrected chi connectivity index (χ3v) is 4.48. The highest BCUT2D eigenvalue weighted by Crippen LogP contribution is 2.27. The van der Waals surface area contributed by atoms with Crippen molar-refractivity contribution in [1.29, 1.82) is 0 Å². The van der Waals surface area contributed by atoms with Crippen LogP contribution in [-0.2, 0) is 18.4 Å². The predicted octanol–water partition coefficient (Wildman–Crippen LogP) is 2.04. The molecule has 2 heterocycles. The highest BCUT2D eigenvalue weighted by atomic mass is 16.5. The number of rotatable bonds is 6. The van der Waals surface area contributed by atoms with E-state index in [2.05, 4.69) is 24.3 Å². The van der Waals surface area contributed by atoms with Crippen LogP contribution in [0.25, 0.3) is 0 Å². The number of methoxy groups -OCH3 is 1. The summed E-state index contributed by atoms with van der Waals surface area (Å²) in [6.07, 6.45) is 3.47. The monoisotopic (exact) mass is 322 g/mol. The SMILES string of the molecule is COc1c(CN[C@@H](C)C(=O)N2CCCCC2)c(C(C)C)nn1C. The Morgan fingerprint density at radius 2 is 1.91 bits per heavy atom. The minimum absolute atomic E-state index is 0.193. The van der Waals surface area contributed by atoms with Gasteiger partial charge in [0.15, 0.2) is 0 Å². The number of piperidine rings is 1. The van der Waals surface area contributed by atoms with Crippen molar-refractivity contribution >= 4 is 5.91 Å². The van der Waals surface area contributed by atoms with E-state index in [1.807, 2.05) is 18.9 Å². The van der Waals surface area contributed by atoms with E-state index >= 15 is 0 Å². The number of carbonyl (C=O) groups excluding carboxylic acids is 1. The molecule has 6 heteroatoms. The van der Waals surface area contributed by atoms with Crippen LogP contribution in [0.4, 0.5) is 0 Å². The molecule has 1 atom stereocenters. The number of ether oxygens (including phenoxy) is 1. The Morgan fingerprint density at radius 3 is 2.48 bits per heavy atom. The molecule has 0 aromatic carbocycles. The number of hydrogen-bond acceptors (Lipinski definition) is 4. The molecular weight excluding hydrogens is 292 g/mol. The number of likely N-dealkylation sites (tertiary alicyclic amines) is 1. The minimum Gasteiger partial charge on any atom is -0.481 e. The summed E-state index contributed by atoms with van der Waals surface area (Å²) in [4.78, 5) is 14.5. The van der Waals surface area contributed by atoms with E-state index < -0.39 is 0 Å². The maximum atomic E-state index is 12.5. The van der Waals surface area contributed by atoms with Crippen molar-refractivity contribution in [2.75, 3.05) is 20.2 Å². The van der Waals surface area contributed by atoms with Gasteiger partial charge in [0, 0.05) is 26.7 Å². The van der Waals surface area contributed by atoms with Gasteiger partial charge in [0.05, 0.1) is 24.4 Å². The van der Waals surface area contributed by atoms with Gasteiger partial charge in [-0.25, -0.2) is 4.68 Å². The zero-order valence-corrected chi connectivity index (χ0v) is 15.1. The zero-order chi connectivity index (χ0) is 17.0. The van der Waals surface area contributed by atoms with Crippen LogP contribution in [0.3, 0.4) is 0 Å². The third kappa shape index (κ3) is 4.05. The fraction of sp³-hybridized carbons (Fsp3) is 0.765. The first-order valence-electron chi connectivity index (χ1n) is 8.57. The van der Waals surface area contributed by atoms with Gasteiger partial charge in [0.2, 0.25) is 11.8 Å². The van der Waals surface area contributed by atoms with Crippen LogP contribution in [0.15, 0.2) is 0 Å². The smallest absolute Gasteiger partial charge is 0.239 e. The van der Waals surface area contributed by atoms with Crippen molar-refractivity contribution in [2.45, 2.75) is 58.5 Å². The summed E-state index contributed by atoms with van der Waals surface area (Å²) in [5.41, 5.74) is 2.07. The van der Waals surface area contributed by atoms with E-state index in [0.29, 0.717) is 12.5 Å². The predicted molar refractivity (Wildman–Crippen MR) is 90.6 cm³/mol. The topological polar surface area (TPSA) is 59.4 Å². The molecule has 0 radical (unpaired) electrons. The molecule has 1 amide bonds. The number of nitrogens with one attached hydrogen (secondary N) is 1. The van der Waals surface area contributed by atoms with Crippen molar-refractivity contribution in [1.82, 2.24) is 20.0 Å². The van der Waals surface area contributed by atoms with Gasteiger partial charge in [0.1, 0.15) is 0 Å². The molecule has 1 aliphatic rings. The van der Waals surface area contributed by atoms with E-state index in [4.69, 9.17) is 4.74 Å². The Bertz CT molecular complexity index is 533. The van der Waals surface area contributed by atoms with Gasteiger partial charge in [-0.1, -0.05) is 13.8 Å². The van der Waals surface area contributed by atoms with Crippen LogP contribution in [0.5, 0.6) is 5.88 Å². The Labute approximate surface area is 139 Å². The van der Waals surface area contributed by atoms with E-state index in [1.165, 1.54) is 6.42 Å². The average molecular weight is 322 g/mol. The molecule has 1 fully saturated rings. The Balaban J connectivity index is 2.03. The number of amides is 1. The van der Waals surface area contributed by atoms with E-state index in [0.717, 1.165) is 43.1 Å². The Morgan fingerprint density at radius 1 is 1.26 bits per heavy atom. The fourth-order valence-electron chi connectivity index (χ4n) is 3.19. The molecule has 1 N–H and O–H groups in total. The third-order valence-electron chi connectivity index (χ3n) is 4.48. The van der Waals surface area contributed by atoms with Crippen molar-refractivity contribution in [3.05, 3.63) is 11.3 Å². The highest BCUT2D eigenvalue weighted by Gasteiger charge is 2.24. The number of hydrogen-bond donors (Lipinski definition) is 1. The maximum absolute atomic E-state index is 12.5. The molecule has 130 valence electrons. The van der Waals surface area contributed by atoms with Crippen LogP contribution >= 0.6 is 0 Å². The van der Waals surface area contributed by atoms with Gasteiger partial charge in [0.25, 0.3) is 0 Å². The molecular formula is C17H30N4O2. The lowest BCUT2D eigenvalue weighted by molar-refractivity contribution is -0.133. The van der Waals surface area contributed by atoms with Gasteiger partial charge in [-0.05, 0) is 32.1 Å². The van der Waals surface area contributed by atoms with Crippen LogP contribution < -0.4 is 10.1 Å². The molecule has 1 aromatic rings. The molecule has 1 saturated heterocycles. The molecule has 0 saturated carbocycles. The normalized spacial score (nSPS) is 16.7. The fourth-order valence-corrected chi connectivity index (χ4v) is 3.19. The number of aromatic nitrogens is 2. The lowest BCUT2D eigenvalue weighted by Crippen LogP contribution is -2.46. The van der Waals surface area contributed by atoms with Crippen LogP contribution in [0.2, 0.25) is 0 Å². The summed E-state index contributed by atoms with van der Waals surface area (Å²) in [5, 5.41) is 7.90. The second-order valence-corrected chi connectivity index (χ2v) is 6.64. The van der Waals surface area contributed by atoms with Crippen LogP contribution in [-0.4, -0.2) is 46.8 Å². The van der Waals surface area contributed by atoms with Gasteiger partial charge in [-0.2, -0.15) is 5.10 Å². The molecule has 2 rings (SSSR count). The summed E-state index contributed by atoms with van der Waals surface area (Å²) in [5.74, 6) is 1.27. The summed E-state index contributed by atoms with van der Waals surface area (Å²) in [6, 6.07) is -0.196. The number of carbonyl (C=O) groups is 1. The maximum Gasteiger partial charge on any atom is 0.239 e. The van der Waals surface area contributed by atoms with E-state index in [-0.39, 0.29) is 11.9 Å². The van der Waals surface area contributed by atoms with Crippen molar-refractivity contribution in [2.24, 2.45) is 7.05 Å². The van der Waals surface area contributed by atoms with E-state index in [1.54, 1.807) is 11.8 Å². The first-order chi connectivity index (χ1) is 11.0. The first kappa shape index (κ1) is 17.8.